The van der Waals surface area contributed by atoms with Crippen molar-refractivity contribution in [3.63, 3.8) is 0 Å². The molecule has 3 aromatic carbocycles. The molecule has 4 rings (SSSR count). The molecule has 32 heavy (non-hydrogen) atoms. The highest BCUT2D eigenvalue weighted by Crippen LogP contribution is 2.27. The highest BCUT2D eigenvalue weighted by atomic mass is 35.5. The number of nitrogens with one attached hydrogen (secondary N) is 1. The van der Waals surface area contributed by atoms with Crippen LogP contribution in [0.25, 0.3) is 0 Å². The second-order valence-corrected chi connectivity index (χ2v) is 9.47. The van der Waals surface area contributed by atoms with E-state index in [2.05, 4.69) is 17.4 Å². The van der Waals surface area contributed by atoms with E-state index in [1.165, 1.54) is 5.56 Å². The first-order chi connectivity index (χ1) is 15.5. The minimum Gasteiger partial charge on any atom is -0.335 e. The van der Waals surface area contributed by atoms with Gasteiger partial charge in [-0.25, -0.2) is 0 Å². The predicted molar refractivity (Wildman–Crippen MR) is 133 cm³/mol. The van der Waals surface area contributed by atoms with Crippen LogP contribution in [0.5, 0.6) is 0 Å². The number of carbonyl (C=O) groups excluding carboxylic acids is 1. The van der Waals surface area contributed by atoms with Crippen molar-refractivity contribution in [2.24, 2.45) is 0 Å². The van der Waals surface area contributed by atoms with Crippen molar-refractivity contribution in [2.75, 3.05) is 6.54 Å². The van der Waals surface area contributed by atoms with E-state index >= 15 is 0 Å². The smallest absolute Gasteiger partial charge is 0.254 e. The summed E-state index contributed by atoms with van der Waals surface area (Å²) in [6.07, 6.45) is 2.53. The summed E-state index contributed by atoms with van der Waals surface area (Å²) >= 11 is 18.6. The summed E-state index contributed by atoms with van der Waals surface area (Å²) in [5.41, 5.74) is 2.83. The molecular formula is C26H25Cl3N2O. The number of hydrogen-bond donors (Lipinski definition) is 1. The van der Waals surface area contributed by atoms with Crippen LogP contribution in [0.4, 0.5) is 0 Å². The number of piperidine rings is 1. The summed E-state index contributed by atoms with van der Waals surface area (Å²) in [4.78, 5) is 15.4. The molecule has 1 amide bonds. The first-order valence-electron chi connectivity index (χ1n) is 10.8. The van der Waals surface area contributed by atoms with Crippen molar-refractivity contribution < 1.29 is 4.79 Å². The summed E-state index contributed by atoms with van der Waals surface area (Å²) < 4.78 is 0. The van der Waals surface area contributed by atoms with Crippen LogP contribution in [0.1, 0.15) is 34.3 Å². The normalized spacial score (nSPS) is 18.5. The van der Waals surface area contributed by atoms with Crippen LogP contribution < -0.4 is 5.32 Å². The summed E-state index contributed by atoms with van der Waals surface area (Å²) in [5.74, 6) is -0.0279. The number of amides is 1. The first kappa shape index (κ1) is 23.1. The molecule has 0 aliphatic carbocycles. The molecule has 0 aromatic heterocycles. The van der Waals surface area contributed by atoms with Gasteiger partial charge in [-0.1, -0.05) is 83.3 Å². The maximum Gasteiger partial charge on any atom is 0.254 e. The molecule has 0 spiro atoms. The Labute approximate surface area is 204 Å². The topological polar surface area (TPSA) is 32.3 Å². The molecule has 1 heterocycles. The molecule has 6 heteroatoms. The van der Waals surface area contributed by atoms with Gasteiger partial charge in [0, 0.05) is 45.8 Å². The molecular weight excluding hydrogens is 463 g/mol. The standard InChI is InChI=1S/C26H25Cl3N2O/c27-21-13-20(14-22(28)15-21)26(32)31-11-10-23(30-17-19-8-4-5-9-25(19)29)16-24(31)12-18-6-2-1-3-7-18/h1-9,13-15,23-24,30H,10-12,16-17H2/t23-,24+/m0/s1. The fraction of sp³-hybridized carbons (Fsp3) is 0.269. The average molecular weight is 488 g/mol. The molecule has 0 radical (unpaired) electrons. The van der Waals surface area contributed by atoms with Crippen molar-refractivity contribution >= 4 is 40.7 Å². The Kier molecular flexibility index (Phi) is 7.75. The molecule has 1 aliphatic heterocycles. The Morgan fingerprint density at radius 2 is 1.62 bits per heavy atom. The fourth-order valence-corrected chi connectivity index (χ4v) is 5.05. The molecule has 3 nitrogen and oxygen atoms in total. The Bertz CT molecular complexity index is 1050. The van der Waals surface area contributed by atoms with E-state index in [1.807, 2.05) is 47.4 Å². The van der Waals surface area contributed by atoms with E-state index in [0.29, 0.717) is 34.7 Å². The quantitative estimate of drug-likeness (QED) is 0.422. The van der Waals surface area contributed by atoms with Crippen LogP contribution in [0.15, 0.2) is 72.8 Å². The van der Waals surface area contributed by atoms with Crippen LogP contribution in [-0.4, -0.2) is 29.4 Å². The number of benzene rings is 3. The summed E-state index contributed by atoms with van der Waals surface area (Å²) in [5, 5.41) is 5.36. The molecule has 1 N–H and O–H groups in total. The number of carbonyl (C=O) groups is 1. The average Bonchev–Trinajstić information content (AvgIpc) is 2.78. The third-order valence-electron chi connectivity index (χ3n) is 5.94. The number of halogens is 3. The van der Waals surface area contributed by atoms with Crippen molar-refractivity contribution in [1.29, 1.82) is 0 Å². The lowest BCUT2D eigenvalue weighted by Crippen LogP contribution is -2.51. The van der Waals surface area contributed by atoms with Gasteiger partial charge in [-0.15, -0.1) is 0 Å². The predicted octanol–water partition coefficient (Wildman–Crippen LogP) is 6.65. The summed E-state index contributed by atoms with van der Waals surface area (Å²) in [6.45, 7) is 1.38. The number of likely N-dealkylation sites (tertiary alicyclic amines) is 1. The zero-order valence-corrected chi connectivity index (χ0v) is 19.9. The highest BCUT2D eigenvalue weighted by Gasteiger charge is 2.32. The molecule has 0 unspecified atom stereocenters. The molecule has 1 fully saturated rings. The first-order valence-corrected chi connectivity index (χ1v) is 11.9. The van der Waals surface area contributed by atoms with Gasteiger partial charge in [-0.3, -0.25) is 4.79 Å². The zero-order chi connectivity index (χ0) is 22.5. The van der Waals surface area contributed by atoms with Gasteiger partial charge in [0.2, 0.25) is 0 Å². The minimum atomic E-state index is -0.0279. The molecule has 166 valence electrons. The van der Waals surface area contributed by atoms with Crippen LogP contribution in [0.2, 0.25) is 15.1 Å². The number of nitrogens with zero attached hydrogens (tertiary/aromatic N) is 1. The highest BCUT2D eigenvalue weighted by molar-refractivity contribution is 6.35. The molecule has 1 aliphatic rings. The van der Waals surface area contributed by atoms with E-state index in [4.69, 9.17) is 34.8 Å². The maximum absolute atomic E-state index is 13.4. The third kappa shape index (κ3) is 5.85. The van der Waals surface area contributed by atoms with Gasteiger partial charge >= 0.3 is 0 Å². The van der Waals surface area contributed by atoms with E-state index in [0.717, 1.165) is 29.8 Å². The van der Waals surface area contributed by atoms with Crippen LogP contribution >= 0.6 is 34.8 Å². The van der Waals surface area contributed by atoms with Gasteiger partial charge in [0.15, 0.2) is 0 Å². The number of hydrogen-bond acceptors (Lipinski definition) is 2. The summed E-state index contributed by atoms with van der Waals surface area (Å²) in [7, 11) is 0. The SMILES string of the molecule is O=C(c1cc(Cl)cc(Cl)c1)N1CC[C@H](NCc2ccccc2Cl)C[C@H]1Cc1ccccc1. The van der Waals surface area contributed by atoms with Crippen molar-refractivity contribution in [1.82, 2.24) is 10.2 Å². The second kappa shape index (κ2) is 10.7. The molecule has 0 saturated carbocycles. The van der Waals surface area contributed by atoms with Gasteiger partial charge in [-0.2, -0.15) is 0 Å². The van der Waals surface area contributed by atoms with E-state index in [9.17, 15) is 4.79 Å². The van der Waals surface area contributed by atoms with Crippen LogP contribution in [0.3, 0.4) is 0 Å². The Morgan fingerprint density at radius 3 is 2.34 bits per heavy atom. The molecule has 2 atom stereocenters. The number of rotatable bonds is 6. The Hall–Kier alpha value is -2.04. The van der Waals surface area contributed by atoms with Gasteiger partial charge in [0.1, 0.15) is 0 Å². The lowest BCUT2D eigenvalue weighted by Gasteiger charge is -2.40. The third-order valence-corrected chi connectivity index (χ3v) is 6.74. The van der Waals surface area contributed by atoms with Gasteiger partial charge < -0.3 is 10.2 Å². The largest absolute Gasteiger partial charge is 0.335 e. The molecule has 1 saturated heterocycles. The summed E-state index contributed by atoms with van der Waals surface area (Å²) in [6, 6.07) is 23.6. The van der Waals surface area contributed by atoms with Crippen LogP contribution in [0, 0.1) is 0 Å². The second-order valence-electron chi connectivity index (χ2n) is 8.19. The monoisotopic (exact) mass is 486 g/mol. The zero-order valence-electron chi connectivity index (χ0n) is 17.6. The van der Waals surface area contributed by atoms with Gasteiger partial charge in [0.25, 0.3) is 5.91 Å². The Balaban J connectivity index is 1.51. The van der Waals surface area contributed by atoms with E-state index in [1.54, 1.807) is 18.2 Å². The Morgan fingerprint density at radius 1 is 0.938 bits per heavy atom. The van der Waals surface area contributed by atoms with E-state index in [-0.39, 0.29) is 11.9 Å². The molecule has 0 bridgehead atoms. The fourth-order valence-electron chi connectivity index (χ4n) is 4.32. The minimum absolute atomic E-state index is 0.0279. The molecule has 3 aromatic rings. The van der Waals surface area contributed by atoms with Crippen molar-refractivity contribution in [2.45, 2.75) is 37.9 Å². The van der Waals surface area contributed by atoms with E-state index < -0.39 is 0 Å². The van der Waals surface area contributed by atoms with Crippen molar-refractivity contribution in [3.05, 3.63) is 105 Å². The lowest BCUT2D eigenvalue weighted by molar-refractivity contribution is 0.0576. The van der Waals surface area contributed by atoms with Gasteiger partial charge in [0.05, 0.1) is 0 Å². The maximum atomic E-state index is 13.4. The lowest BCUT2D eigenvalue weighted by atomic mass is 9.91. The van der Waals surface area contributed by atoms with Crippen molar-refractivity contribution in [3.8, 4) is 0 Å². The van der Waals surface area contributed by atoms with Gasteiger partial charge in [-0.05, 0) is 54.7 Å². The van der Waals surface area contributed by atoms with Crippen LogP contribution in [-0.2, 0) is 13.0 Å².